The molecule has 0 heterocycles. The number of rotatable bonds is 15. The van der Waals surface area contributed by atoms with Gasteiger partial charge in [0.1, 0.15) is 18.1 Å². The molecule has 36 heavy (non-hydrogen) atoms. The van der Waals surface area contributed by atoms with Crippen molar-refractivity contribution in [1.82, 2.24) is 16.0 Å². The van der Waals surface area contributed by atoms with E-state index in [9.17, 15) is 29.1 Å². The van der Waals surface area contributed by atoms with Crippen LogP contribution in [0.4, 0.5) is 0 Å². The fourth-order valence-corrected chi connectivity index (χ4v) is 3.56. The smallest absolute Gasteiger partial charge is 0.326 e. The summed E-state index contributed by atoms with van der Waals surface area (Å²) in [5, 5.41) is 17.3. The van der Waals surface area contributed by atoms with Crippen LogP contribution in [-0.2, 0) is 30.4 Å². The van der Waals surface area contributed by atoms with E-state index in [1.54, 1.807) is 31.2 Å². The maximum atomic E-state index is 13.3. The fraction of sp³-hybridized carbons (Fsp3) is 0.560. The first-order chi connectivity index (χ1) is 16.8. The van der Waals surface area contributed by atoms with Gasteiger partial charge in [-0.3, -0.25) is 19.2 Å². The number of benzene rings is 1. The first-order valence-corrected chi connectivity index (χ1v) is 12.1. The van der Waals surface area contributed by atoms with Gasteiger partial charge in [-0.2, -0.15) is 0 Å². The van der Waals surface area contributed by atoms with E-state index in [0.717, 1.165) is 5.56 Å². The summed E-state index contributed by atoms with van der Waals surface area (Å²) >= 11 is 0. The lowest BCUT2D eigenvalue weighted by Crippen LogP contribution is -2.59. The van der Waals surface area contributed by atoms with Gasteiger partial charge >= 0.3 is 5.97 Å². The average molecular weight is 506 g/mol. The van der Waals surface area contributed by atoms with Crippen molar-refractivity contribution in [3.8, 4) is 0 Å². The lowest BCUT2D eigenvalue weighted by atomic mass is 9.96. The monoisotopic (exact) mass is 505 g/mol. The highest BCUT2D eigenvalue weighted by Gasteiger charge is 2.33. The largest absolute Gasteiger partial charge is 0.480 e. The average Bonchev–Trinajstić information content (AvgIpc) is 2.80. The Morgan fingerprint density at radius 2 is 1.47 bits per heavy atom. The molecule has 1 aromatic carbocycles. The van der Waals surface area contributed by atoms with Crippen molar-refractivity contribution in [2.45, 2.75) is 77.5 Å². The second kappa shape index (κ2) is 14.8. The van der Waals surface area contributed by atoms with Gasteiger partial charge in [-0.1, -0.05) is 64.4 Å². The van der Waals surface area contributed by atoms with Crippen LogP contribution < -0.4 is 27.4 Å². The van der Waals surface area contributed by atoms with Crippen molar-refractivity contribution in [2.75, 3.05) is 0 Å². The number of carbonyl (C=O) groups excluding carboxylic acids is 4. The minimum atomic E-state index is -1.22. The number of primary amides is 1. The Morgan fingerprint density at radius 3 is 1.97 bits per heavy atom. The van der Waals surface area contributed by atoms with Crippen LogP contribution in [-0.4, -0.2) is 58.9 Å². The zero-order valence-corrected chi connectivity index (χ0v) is 21.3. The first kappa shape index (κ1) is 30.6. The van der Waals surface area contributed by atoms with Gasteiger partial charge in [-0.05, 0) is 23.8 Å². The van der Waals surface area contributed by atoms with Crippen molar-refractivity contribution < 1.29 is 29.1 Å². The fourth-order valence-electron chi connectivity index (χ4n) is 3.56. The Bertz CT molecular complexity index is 907. The van der Waals surface area contributed by atoms with Crippen molar-refractivity contribution in [3.63, 3.8) is 0 Å². The first-order valence-electron chi connectivity index (χ1n) is 12.1. The number of aliphatic carboxylic acids is 1. The Morgan fingerprint density at radius 1 is 0.889 bits per heavy atom. The summed E-state index contributed by atoms with van der Waals surface area (Å²) in [6.45, 7) is 7.26. The van der Waals surface area contributed by atoms with Gasteiger partial charge < -0.3 is 32.5 Å². The molecule has 1 rings (SSSR count). The molecule has 0 aliphatic rings. The summed E-state index contributed by atoms with van der Waals surface area (Å²) in [7, 11) is 0. The van der Waals surface area contributed by atoms with Gasteiger partial charge in [-0.25, -0.2) is 4.79 Å². The number of carboxylic acid groups (broad SMARTS) is 1. The van der Waals surface area contributed by atoms with Crippen LogP contribution in [0.25, 0.3) is 0 Å². The Labute approximate surface area is 211 Å². The minimum absolute atomic E-state index is 0.0168. The highest BCUT2D eigenvalue weighted by molar-refractivity contribution is 5.95. The third-order valence-corrected chi connectivity index (χ3v) is 5.79. The molecule has 0 fully saturated rings. The van der Waals surface area contributed by atoms with Crippen LogP contribution in [0, 0.1) is 11.8 Å². The lowest BCUT2D eigenvalue weighted by molar-refractivity contribution is -0.142. The summed E-state index contributed by atoms with van der Waals surface area (Å²) in [5.74, 6) is -4.24. The number of hydrogen-bond donors (Lipinski definition) is 6. The van der Waals surface area contributed by atoms with E-state index in [1.165, 1.54) is 0 Å². The normalized spacial score (nSPS) is 15.2. The number of hydrogen-bond acceptors (Lipinski definition) is 6. The molecule has 0 aromatic heterocycles. The zero-order chi connectivity index (χ0) is 27.4. The molecule has 0 radical (unpaired) electrons. The molecule has 0 saturated carbocycles. The van der Waals surface area contributed by atoms with Crippen LogP contribution >= 0.6 is 0 Å². The van der Waals surface area contributed by atoms with Crippen molar-refractivity contribution in [3.05, 3.63) is 35.9 Å². The molecule has 0 saturated heterocycles. The maximum absolute atomic E-state index is 13.3. The third-order valence-electron chi connectivity index (χ3n) is 5.79. The highest BCUT2D eigenvalue weighted by Crippen LogP contribution is 2.12. The molecule has 0 bridgehead atoms. The SMILES string of the molecule is CCC(C)C(NC(=O)C(N)CC(N)=O)C(=O)NC(Cc1ccccc1)C(=O)NC(CC(C)C)C(=O)O. The third kappa shape index (κ3) is 10.4. The van der Waals surface area contributed by atoms with Crippen LogP contribution in [0.15, 0.2) is 30.3 Å². The van der Waals surface area contributed by atoms with Crippen LogP contribution in [0.5, 0.6) is 0 Å². The van der Waals surface area contributed by atoms with Gasteiger partial charge in [0.05, 0.1) is 12.5 Å². The second-order valence-corrected chi connectivity index (χ2v) is 9.43. The van der Waals surface area contributed by atoms with Gasteiger partial charge in [-0.15, -0.1) is 0 Å². The molecular weight excluding hydrogens is 466 g/mol. The van der Waals surface area contributed by atoms with Crippen LogP contribution in [0.2, 0.25) is 0 Å². The van der Waals surface area contributed by atoms with Gasteiger partial charge in [0.25, 0.3) is 0 Å². The molecule has 1 aromatic rings. The number of carboxylic acids is 1. The topological polar surface area (TPSA) is 194 Å². The second-order valence-electron chi connectivity index (χ2n) is 9.43. The van der Waals surface area contributed by atoms with Crippen LogP contribution in [0.3, 0.4) is 0 Å². The van der Waals surface area contributed by atoms with Gasteiger partial charge in [0.2, 0.25) is 23.6 Å². The van der Waals surface area contributed by atoms with Gasteiger partial charge in [0.15, 0.2) is 0 Å². The quantitative estimate of drug-likeness (QED) is 0.194. The van der Waals surface area contributed by atoms with E-state index >= 15 is 0 Å². The Kier molecular flexibility index (Phi) is 12.6. The van der Waals surface area contributed by atoms with E-state index in [0.29, 0.717) is 6.42 Å². The summed E-state index contributed by atoms with van der Waals surface area (Å²) < 4.78 is 0. The van der Waals surface area contributed by atoms with Crippen LogP contribution in [0.1, 0.15) is 52.5 Å². The maximum Gasteiger partial charge on any atom is 0.326 e. The Hall–Kier alpha value is -3.47. The molecule has 0 aliphatic heterocycles. The molecule has 0 aliphatic carbocycles. The number of nitrogens with one attached hydrogen (secondary N) is 3. The van der Waals surface area contributed by atoms with E-state index < -0.39 is 53.8 Å². The molecule has 11 nitrogen and oxygen atoms in total. The molecule has 5 unspecified atom stereocenters. The molecule has 11 heteroatoms. The summed E-state index contributed by atoms with van der Waals surface area (Å²) in [5.41, 5.74) is 11.6. The molecule has 5 atom stereocenters. The van der Waals surface area contributed by atoms with E-state index in [4.69, 9.17) is 11.5 Å². The predicted molar refractivity (Wildman–Crippen MR) is 134 cm³/mol. The summed E-state index contributed by atoms with van der Waals surface area (Å²) in [4.78, 5) is 61.7. The summed E-state index contributed by atoms with van der Waals surface area (Å²) in [6.07, 6.45) is 0.464. The zero-order valence-electron chi connectivity index (χ0n) is 21.3. The standard InChI is InChI=1S/C25H39N5O6/c1-5-15(4)21(30-22(32)17(26)13-20(27)31)24(34)28-18(12-16-9-7-6-8-10-16)23(33)29-19(25(35)36)11-14(2)3/h6-10,14-15,17-19,21H,5,11-13,26H2,1-4H3,(H2,27,31)(H,28,34)(H,29,33)(H,30,32)(H,35,36). The molecule has 200 valence electrons. The van der Waals surface area contributed by atoms with Crippen molar-refractivity contribution in [1.29, 1.82) is 0 Å². The molecule has 8 N–H and O–H groups in total. The highest BCUT2D eigenvalue weighted by atomic mass is 16.4. The molecule has 4 amide bonds. The summed E-state index contributed by atoms with van der Waals surface area (Å²) in [6, 6.07) is 4.46. The Balaban J connectivity index is 3.15. The predicted octanol–water partition coefficient (Wildman–Crippen LogP) is 0.0630. The van der Waals surface area contributed by atoms with Gasteiger partial charge in [0, 0.05) is 6.42 Å². The van der Waals surface area contributed by atoms with Crippen molar-refractivity contribution in [2.24, 2.45) is 23.3 Å². The lowest BCUT2D eigenvalue weighted by Gasteiger charge is -2.28. The number of carbonyl (C=O) groups is 5. The molecule has 0 spiro atoms. The number of nitrogens with two attached hydrogens (primary N) is 2. The van der Waals surface area contributed by atoms with Crippen molar-refractivity contribution >= 4 is 29.6 Å². The van der Waals surface area contributed by atoms with E-state index in [1.807, 2.05) is 26.8 Å². The minimum Gasteiger partial charge on any atom is -0.480 e. The molecular formula is C25H39N5O6. The van der Waals surface area contributed by atoms with E-state index in [-0.39, 0.29) is 31.1 Å². The van der Waals surface area contributed by atoms with E-state index in [2.05, 4.69) is 16.0 Å². The number of amides is 4.